The second-order valence-corrected chi connectivity index (χ2v) is 5.36. The van der Waals surface area contributed by atoms with Gasteiger partial charge >= 0.3 is 0 Å². The van der Waals surface area contributed by atoms with E-state index in [2.05, 4.69) is 23.2 Å². The van der Waals surface area contributed by atoms with E-state index in [0.29, 0.717) is 0 Å². The lowest BCUT2D eigenvalue weighted by Gasteiger charge is -2.15. The maximum Gasteiger partial charge on any atom is 0.127 e. The van der Waals surface area contributed by atoms with E-state index in [0.717, 1.165) is 30.5 Å². The van der Waals surface area contributed by atoms with Crippen molar-refractivity contribution >= 4 is 0 Å². The smallest absolute Gasteiger partial charge is 0.127 e. The van der Waals surface area contributed by atoms with Gasteiger partial charge in [-0.3, -0.25) is 0 Å². The van der Waals surface area contributed by atoms with Crippen molar-refractivity contribution in [3.63, 3.8) is 0 Å². The number of hydrogen-bond donors (Lipinski definition) is 1. The van der Waals surface area contributed by atoms with Gasteiger partial charge < -0.3 is 19.7 Å². The van der Waals surface area contributed by atoms with Crippen molar-refractivity contribution in [2.24, 2.45) is 5.92 Å². The van der Waals surface area contributed by atoms with Gasteiger partial charge in [-0.25, -0.2) is 0 Å². The van der Waals surface area contributed by atoms with Crippen LogP contribution in [0.4, 0.5) is 0 Å². The molecule has 0 saturated carbocycles. The maximum atomic E-state index is 5.42. The standard InChI is InChI=1S/C16H26N2O2/c1-4-18-8-7-13(12-18)10-17-11-14-5-6-15(19-2)9-16(14)20-3/h5-6,9,13,17H,4,7-8,10-12H2,1-3H3/t13-/m1/s1. The summed E-state index contributed by atoms with van der Waals surface area (Å²) in [6.07, 6.45) is 1.31. The van der Waals surface area contributed by atoms with Crippen molar-refractivity contribution in [3.05, 3.63) is 23.8 Å². The van der Waals surface area contributed by atoms with Gasteiger partial charge in [-0.15, -0.1) is 0 Å². The molecular formula is C16H26N2O2. The van der Waals surface area contributed by atoms with E-state index in [1.165, 1.54) is 31.6 Å². The molecule has 0 amide bonds. The molecule has 0 aliphatic carbocycles. The van der Waals surface area contributed by atoms with Gasteiger partial charge in [0.05, 0.1) is 14.2 Å². The van der Waals surface area contributed by atoms with Gasteiger partial charge in [0.2, 0.25) is 0 Å². The summed E-state index contributed by atoms with van der Waals surface area (Å²) in [7, 11) is 3.38. The molecule has 1 aliphatic rings. The third kappa shape index (κ3) is 3.87. The number of hydrogen-bond acceptors (Lipinski definition) is 4. The molecule has 1 heterocycles. The monoisotopic (exact) mass is 278 g/mol. The quantitative estimate of drug-likeness (QED) is 0.828. The van der Waals surface area contributed by atoms with Gasteiger partial charge in [0.25, 0.3) is 0 Å². The molecule has 4 nitrogen and oxygen atoms in total. The Morgan fingerprint density at radius 3 is 2.80 bits per heavy atom. The Balaban J connectivity index is 1.82. The number of ether oxygens (including phenoxy) is 2. The van der Waals surface area contributed by atoms with Crippen LogP contribution < -0.4 is 14.8 Å². The highest BCUT2D eigenvalue weighted by Gasteiger charge is 2.20. The average molecular weight is 278 g/mol. The Morgan fingerprint density at radius 2 is 2.15 bits per heavy atom. The zero-order valence-electron chi connectivity index (χ0n) is 12.8. The normalized spacial score (nSPS) is 19.2. The molecule has 0 unspecified atom stereocenters. The lowest BCUT2D eigenvalue weighted by molar-refractivity contribution is 0.338. The second kappa shape index (κ2) is 7.50. The number of nitrogens with zero attached hydrogens (tertiary/aromatic N) is 1. The highest BCUT2D eigenvalue weighted by atomic mass is 16.5. The Kier molecular flexibility index (Phi) is 5.68. The van der Waals surface area contributed by atoms with E-state index in [9.17, 15) is 0 Å². The first-order valence-corrected chi connectivity index (χ1v) is 7.40. The Morgan fingerprint density at radius 1 is 1.30 bits per heavy atom. The first-order chi connectivity index (χ1) is 9.76. The van der Waals surface area contributed by atoms with Crippen molar-refractivity contribution in [1.29, 1.82) is 0 Å². The number of nitrogens with one attached hydrogen (secondary N) is 1. The number of likely N-dealkylation sites (tertiary alicyclic amines) is 1. The molecule has 0 aromatic heterocycles. The van der Waals surface area contributed by atoms with Crippen LogP contribution in [0.5, 0.6) is 11.5 Å². The first kappa shape index (κ1) is 15.1. The van der Waals surface area contributed by atoms with Gasteiger partial charge in [0.1, 0.15) is 11.5 Å². The molecule has 0 radical (unpaired) electrons. The van der Waals surface area contributed by atoms with Crippen molar-refractivity contribution in [1.82, 2.24) is 10.2 Å². The molecule has 1 N–H and O–H groups in total. The van der Waals surface area contributed by atoms with Crippen LogP contribution in [0.15, 0.2) is 18.2 Å². The van der Waals surface area contributed by atoms with E-state index in [1.807, 2.05) is 12.1 Å². The zero-order chi connectivity index (χ0) is 14.4. The van der Waals surface area contributed by atoms with Crippen LogP contribution in [0.1, 0.15) is 18.9 Å². The van der Waals surface area contributed by atoms with Crippen molar-refractivity contribution in [2.45, 2.75) is 19.9 Å². The van der Waals surface area contributed by atoms with Crippen molar-refractivity contribution in [3.8, 4) is 11.5 Å². The predicted molar refractivity (Wildman–Crippen MR) is 81.5 cm³/mol. The molecular weight excluding hydrogens is 252 g/mol. The summed E-state index contributed by atoms with van der Waals surface area (Å²) in [5.41, 5.74) is 1.18. The average Bonchev–Trinajstić information content (AvgIpc) is 2.95. The molecule has 1 atom stereocenters. The zero-order valence-corrected chi connectivity index (χ0v) is 12.8. The molecule has 112 valence electrons. The summed E-state index contributed by atoms with van der Waals surface area (Å²) in [6.45, 7) is 7.79. The minimum absolute atomic E-state index is 0.777. The molecule has 1 saturated heterocycles. The van der Waals surface area contributed by atoms with E-state index < -0.39 is 0 Å². The maximum absolute atomic E-state index is 5.42. The van der Waals surface area contributed by atoms with Crippen LogP contribution in [0.25, 0.3) is 0 Å². The Labute approximate surface area is 122 Å². The molecule has 20 heavy (non-hydrogen) atoms. The van der Waals surface area contributed by atoms with Gasteiger partial charge in [0, 0.05) is 24.7 Å². The fraction of sp³-hybridized carbons (Fsp3) is 0.625. The minimum atomic E-state index is 0.777. The van der Waals surface area contributed by atoms with Gasteiger partial charge in [-0.1, -0.05) is 13.0 Å². The largest absolute Gasteiger partial charge is 0.497 e. The molecule has 1 aromatic rings. The number of benzene rings is 1. The SMILES string of the molecule is CCN1CC[C@H](CNCc2ccc(OC)cc2OC)C1. The highest BCUT2D eigenvalue weighted by molar-refractivity contribution is 5.40. The van der Waals surface area contributed by atoms with Crippen LogP contribution in [0.2, 0.25) is 0 Å². The van der Waals surface area contributed by atoms with Gasteiger partial charge in [-0.05, 0) is 38.0 Å². The van der Waals surface area contributed by atoms with E-state index >= 15 is 0 Å². The topological polar surface area (TPSA) is 33.7 Å². The van der Waals surface area contributed by atoms with Gasteiger partial charge in [0.15, 0.2) is 0 Å². The Bertz CT molecular complexity index is 423. The molecule has 1 fully saturated rings. The summed E-state index contributed by atoms with van der Waals surface area (Å²) >= 11 is 0. The molecule has 0 bridgehead atoms. The lowest BCUT2D eigenvalue weighted by Crippen LogP contribution is -2.26. The number of methoxy groups -OCH3 is 2. The summed E-state index contributed by atoms with van der Waals surface area (Å²) in [5.74, 6) is 2.50. The van der Waals surface area contributed by atoms with Crippen LogP contribution in [0, 0.1) is 5.92 Å². The van der Waals surface area contributed by atoms with Crippen LogP contribution in [-0.4, -0.2) is 45.3 Å². The van der Waals surface area contributed by atoms with Crippen molar-refractivity contribution in [2.75, 3.05) is 40.4 Å². The van der Waals surface area contributed by atoms with E-state index in [4.69, 9.17) is 9.47 Å². The fourth-order valence-electron chi connectivity index (χ4n) is 2.78. The number of rotatable bonds is 7. The fourth-order valence-corrected chi connectivity index (χ4v) is 2.78. The second-order valence-electron chi connectivity index (χ2n) is 5.36. The molecule has 1 aromatic carbocycles. The van der Waals surface area contributed by atoms with Crippen LogP contribution in [-0.2, 0) is 6.54 Å². The van der Waals surface area contributed by atoms with E-state index in [1.54, 1.807) is 14.2 Å². The first-order valence-electron chi connectivity index (χ1n) is 7.40. The van der Waals surface area contributed by atoms with Crippen molar-refractivity contribution < 1.29 is 9.47 Å². The third-order valence-corrected chi connectivity index (χ3v) is 4.06. The Hall–Kier alpha value is -1.26. The summed E-state index contributed by atoms with van der Waals surface area (Å²) in [6, 6.07) is 5.98. The summed E-state index contributed by atoms with van der Waals surface area (Å²) < 4.78 is 10.6. The third-order valence-electron chi connectivity index (χ3n) is 4.06. The van der Waals surface area contributed by atoms with Crippen LogP contribution in [0.3, 0.4) is 0 Å². The minimum Gasteiger partial charge on any atom is -0.497 e. The molecule has 4 heteroatoms. The van der Waals surface area contributed by atoms with Crippen LogP contribution >= 0.6 is 0 Å². The summed E-state index contributed by atoms with van der Waals surface area (Å²) in [4.78, 5) is 2.51. The lowest BCUT2D eigenvalue weighted by atomic mass is 10.1. The van der Waals surface area contributed by atoms with Gasteiger partial charge in [-0.2, -0.15) is 0 Å². The predicted octanol–water partition coefficient (Wildman–Crippen LogP) is 2.14. The summed E-state index contributed by atoms with van der Waals surface area (Å²) in [5, 5.41) is 3.55. The van der Waals surface area contributed by atoms with E-state index in [-0.39, 0.29) is 0 Å². The highest BCUT2D eigenvalue weighted by Crippen LogP contribution is 2.24. The molecule has 1 aliphatic heterocycles. The molecule has 0 spiro atoms. The molecule has 2 rings (SSSR count).